The van der Waals surface area contributed by atoms with Crippen molar-refractivity contribution in [2.45, 2.75) is 33.6 Å². The van der Waals surface area contributed by atoms with E-state index in [2.05, 4.69) is 24.1 Å². The fourth-order valence-electron chi connectivity index (χ4n) is 3.05. The van der Waals surface area contributed by atoms with Crippen LogP contribution in [0.15, 0.2) is 54.1 Å². The quantitative estimate of drug-likeness (QED) is 0.443. The maximum Gasteiger partial charge on any atom is 0.266 e. The Morgan fingerprint density at radius 2 is 1.72 bits per heavy atom. The lowest BCUT2D eigenvalue weighted by atomic mass is 10.1. The van der Waals surface area contributed by atoms with Crippen molar-refractivity contribution < 1.29 is 9.53 Å². The van der Waals surface area contributed by atoms with Gasteiger partial charge in [-0.3, -0.25) is 4.79 Å². The van der Waals surface area contributed by atoms with Crippen LogP contribution in [-0.4, -0.2) is 25.6 Å². The Morgan fingerprint density at radius 1 is 1.07 bits per heavy atom. The Morgan fingerprint density at radius 3 is 2.31 bits per heavy atom. The van der Waals surface area contributed by atoms with Crippen LogP contribution in [0.5, 0.6) is 5.75 Å². The summed E-state index contributed by atoms with van der Waals surface area (Å²) in [5.74, 6) is 0.124. The minimum atomic E-state index is -0.456. The Labute approximate surface area is 173 Å². The number of hydrogen-bond donors (Lipinski definition) is 1. The second-order valence-electron chi connectivity index (χ2n) is 6.63. The molecule has 0 unspecified atom stereocenters. The number of carbonyl (C=O) groups excluding carboxylic acids is 1. The van der Waals surface area contributed by atoms with E-state index < -0.39 is 5.91 Å². The fourth-order valence-corrected chi connectivity index (χ4v) is 3.05. The summed E-state index contributed by atoms with van der Waals surface area (Å²) in [4.78, 5) is 14.9. The highest BCUT2D eigenvalue weighted by molar-refractivity contribution is 6.10. The van der Waals surface area contributed by atoms with Crippen molar-refractivity contribution in [1.82, 2.24) is 0 Å². The zero-order valence-corrected chi connectivity index (χ0v) is 17.4. The molecule has 0 aliphatic rings. The van der Waals surface area contributed by atoms with Crippen molar-refractivity contribution in [3.63, 3.8) is 0 Å². The average molecular weight is 392 g/mol. The molecule has 2 aromatic carbocycles. The highest BCUT2D eigenvalue weighted by atomic mass is 16.5. The lowest BCUT2D eigenvalue weighted by molar-refractivity contribution is -0.112. The van der Waals surface area contributed by atoms with Crippen molar-refractivity contribution in [3.05, 3.63) is 59.7 Å². The molecule has 0 heterocycles. The molecule has 0 aromatic heterocycles. The number of ether oxygens (including phenoxy) is 1. The lowest BCUT2D eigenvalue weighted by Crippen LogP contribution is -2.24. The minimum absolute atomic E-state index is 0.0445. The smallest absolute Gasteiger partial charge is 0.266 e. The van der Waals surface area contributed by atoms with Gasteiger partial charge in [0, 0.05) is 18.8 Å². The van der Waals surface area contributed by atoms with Gasteiger partial charge in [0.15, 0.2) is 0 Å². The lowest BCUT2D eigenvalue weighted by Gasteiger charge is -2.23. The van der Waals surface area contributed by atoms with Gasteiger partial charge in [-0.25, -0.2) is 0 Å². The zero-order valence-electron chi connectivity index (χ0n) is 17.4. The zero-order chi connectivity index (χ0) is 21.1. The van der Waals surface area contributed by atoms with Crippen LogP contribution in [0.2, 0.25) is 0 Å². The number of rotatable bonds is 10. The molecule has 0 fully saturated rings. The predicted octanol–water partition coefficient (Wildman–Crippen LogP) is 5.26. The number of amides is 1. The van der Waals surface area contributed by atoms with E-state index in [-0.39, 0.29) is 5.57 Å². The summed E-state index contributed by atoms with van der Waals surface area (Å²) in [5, 5.41) is 12.2. The number of benzene rings is 2. The maximum atomic E-state index is 12.6. The van der Waals surface area contributed by atoms with Gasteiger partial charge >= 0.3 is 0 Å². The van der Waals surface area contributed by atoms with Crippen LogP contribution in [0, 0.1) is 11.3 Å². The van der Waals surface area contributed by atoms with Gasteiger partial charge in [0.05, 0.1) is 12.3 Å². The molecule has 0 spiro atoms. The van der Waals surface area contributed by atoms with E-state index in [1.165, 1.54) is 0 Å². The molecule has 0 saturated heterocycles. The summed E-state index contributed by atoms with van der Waals surface area (Å²) in [6, 6.07) is 17.1. The first-order valence-electron chi connectivity index (χ1n) is 10.1. The number of hydrogen-bond acceptors (Lipinski definition) is 4. The average Bonchev–Trinajstić information content (AvgIpc) is 2.74. The number of nitrogens with zero attached hydrogens (tertiary/aromatic N) is 2. The molecule has 0 saturated carbocycles. The molecule has 5 nitrogen and oxygen atoms in total. The molecule has 0 bridgehead atoms. The topological polar surface area (TPSA) is 65.4 Å². The molecule has 29 heavy (non-hydrogen) atoms. The summed E-state index contributed by atoms with van der Waals surface area (Å²) >= 11 is 0. The molecular formula is C24H29N3O2. The van der Waals surface area contributed by atoms with Crippen molar-refractivity contribution in [2.75, 3.05) is 29.9 Å². The molecule has 0 aliphatic heterocycles. The summed E-state index contributed by atoms with van der Waals surface area (Å²) in [6.45, 7) is 8.73. The highest BCUT2D eigenvalue weighted by Gasteiger charge is 2.12. The van der Waals surface area contributed by atoms with Crippen molar-refractivity contribution in [3.8, 4) is 11.8 Å². The van der Waals surface area contributed by atoms with E-state index in [1.807, 2.05) is 49.4 Å². The van der Waals surface area contributed by atoms with Crippen molar-refractivity contribution in [2.24, 2.45) is 0 Å². The summed E-state index contributed by atoms with van der Waals surface area (Å²) in [6.07, 6.45) is 3.78. The van der Waals surface area contributed by atoms with Crippen LogP contribution in [0.3, 0.4) is 0 Å². The summed E-state index contributed by atoms with van der Waals surface area (Å²) < 4.78 is 5.52. The molecule has 2 aromatic rings. The molecule has 0 aliphatic carbocycles. The largest absolute Gasteiger partial charge is 0.492 e. The number of anilines is 2. The molecule has 1 amide bonds. The van der Waals surface area contributed by atoms with Gasteiger partial charge < -0.3 is 15.0 Å². The Kier molecular flexibility index (Phi) is 8.78. The maximum absolute atomic E-state index is 12.6. The normalized spacial score (nSPS) is 10.9. The van der Waals surface area contributed by atoms with E-state index in [4.69, 9.17) is 4.74 Å². The number of para-hydroxylation sites is 2. The Hall–Kier alpha value is -3.26. The van der Waals surface area contributed by atoms with Gasteiger partial charge in [0.25, 0.3) is 5.91 Å². The minimum Gasteiger partial charge on any atom is -0.492 e. The Balaban J connectivity index is 2.17. The van der Waals surface area contributed by atoms with E-state index >= 15 is 0 Å². The van der Waals surface area contributed by atoms with Gasteiger partial charge in [-0.1, -0.05) is 38.1 Å². The first-order valence-corrected chi connectivity index (χ1v) is 10.1. The van der Waals surface area contributed by atoms with Crippen LogP contribution in [-0.2, 0) is 4.79 Å². The van der Waals surface area contributed by atoms with Gasteiger partial charge in [-0.2, -0.15) is 5.26 Å². The van der Waals surface area contributed by atoms with E-state index in [0.29, 0.717) is 18.0 Å². The first-order chi connectivity index (χ1) is 14.1. The van der Waals surface area contributed by atoms with Crippen molar-refractivity contribution in [1.29, 1.82) is 5.26 Å². The standard InChI is InChI=1S/C24H29N3O2/c1-4-15-27(16-5-2)21-13-11-19(12-14-21)17-20(18-25)24(28)26-22-9-7-8-10-23(22)29-6-3/h7-14,17H,4-6,15-16H2,1-3H3,(H,26,28). The molecule has 0 radical (unpaired) electrons. The monoisotopic (exact) mass is 391 g/mol. The third kappa shape index (κ3) is 6.39. The van der Waals surface area contributed by atoms with E-state index in [9.17, 15) is 10.1 Å². The molecule has 0 atom stereocenters. The third-order valence-electron chi connectivity index (χ3n) is 4.36. The molecule has 5 heteroatoms. The van der Waals surface area contributed by atoms with E-state index in [1.54, 1.807) is 18.2 Å². The molecular weight excluding hydrogens is 362 g/mol. The fraction of sp³-hybridized carbons (Fsp3) is 0.333. The van der Waals surface area contributed by atoms with E-state index in [0.717, 1.165) is 37.2 Å². The van der Waals surface area contributed by atoms with Gasteiger partial charge in [-0.15, -0.1) is 0 Å². The summed E-state index contributed by atoms with van der Waals surface area (Å²) in [7, 11) is 0. The second-order valence-corrected chi connectivity index (χ2v) is 6.63. The van der Waals surface area contributed by atoms with Crippen LogP contribution < -0.4 is 15.0 Å². The van der Waals surface area contributed by atoms with Crippen LogP contribution in [0.4, 0.5) is 11.4 Å². The van der Waals surface area contributed by atoms with Gasteiger partial charge in [0.1, 0.15) is 17.4 Å². The van der Waals surface area contributed by atoms with Gasteiger partial charge in [0.2, 0.25) is 0 Å². The second kappa shape index (κ2) is 11.6. The highest BCUT2D eigenvalue weighted by Crippen LogP contribution is 2.24. The van der Waals surface area contributed by atoms with Crippen molar-refractivity contribution >= 4 is 23.4 Å². The Bertz CT molecular complexity index is 860. The third-order valence-corrected chi connectivity index (χ3v) is 4.36. The molecule has 2 rings (SSSR count). The molecule has 1 N–H and O–H groups in total. The SMILES string of the molecule is CCCN(CCC)c1ccc(C=C(C#N)C(=O)Nc2ccccc2OCC)cc1. The molecule has 152 valence electrons. The summed E-state index contributed by atoms with van der Waals surface area (Å²) in [5.41, 5.74) is 2.56. The number of nitriles is 1. The van der Waals surface area contributed by atoms with Crippen LogP contribution in [0.25, 0.3) is 6.08 Å². The number of nitrogens with one attached hydrogen (secondary N) is 1. The number of carbonyl (C=O) groups is 1. The van der Waals surface area contributed by atoms with Crippen LogP contribution >= 0.6 is 0 Å². The first kappa shape index (κ1) is 22.0. The van der Waals surface area contributed by atoms with Crippen LogP contribution in [0.1, 0.15) is 39.2 Å². The predicted molar refractivity (Wildman–Crippen MR) is 119 cm³/mol. The van der Waals surface area contributed by atoms with Gasteiger partial charge in [-0.05, 0) is 55.7 Å².